The highest BCUT2D eigenvalue weighted by atomic mass is 19.1. The third-order valence-corrected chi connectivity index (χ3v) is 3.69. The van der Waals surface area contributed by atoms with E-state index >= 15 is 0 Å². The molecule has 0 unspecified atom stereocenters. The van der Waals surface area contributed by atoms with Gasteiger partial charge in [-0.25, -0.2) is 4.39 Å². The second-order valence-electron chi connectivity index (χ2n) is 5.29. The molecule has 23 heavy (non-hydrogen) atoms. The first kappa shape index (κ1) is 15.1. The van der Waals surface area contributed by atoms with Crippen LogP contribution < -0.4 is 5.32 Å². The van der Waals surface area contributed by atoms with E-state index in [2.05, 4.69) is 15.3 Å². The Labute approximate surface area is 133 Å². The lowest BCUT2D eigenvalue weighted by atomic mass is 10.1. The third-order valence-electron chi connectivity index (χ3n) is 3.69. The lowest BCUT2D eigenvalue weighted by molar-refractivity contribution is 0.0953. The number of pyridine rings is 2. The van der Waals surface area contributed by atoms with Crippen LogP contribution in [0.5, 0.6) is 0 Å². The number of nitrogens with one attached hydrogen (secondary N) is 1. The molecule has 116 valence electrons. The van der Waals surface area contributed by atoms with E-state index in [-0.39, 0.29) is 11.7 Å². The summed E-state index contributed by atoms with van der Waals surface area (Å²) in [4.78, 5) is 20.8. The first-order valence-corrected chi connectivity index (χ1v) is 7.38. The maximum atomic E-state index is 13.5. The van der Waals surface area contributed by atoms with Crippen molar-refractivity contribution in [1.82, 2.24) is 15.3 Å². The van der Waals surface area contributed by atoms with Gasteiger partial charge in [0.15, 0.2) is 0 Å². The molecule has 3 rings (SSSR count). The number of benzene rings is 1. The van der Waals surface area contributed by atoms with Crippen LogP contribution in [0.25, 0.3) is 10.9 Å². The van der Waals surface area contributed by atoms with Gasteiger partial charge in [0.05, 0.1) is 16.8 Å². The molecule has 0 aliphatic rings. The van der Waals surface area contributed by atoms with E-state index in [0.29, 0.717) is 29.8 Å². The molecule has 0 saturated heterocycles. The molecule has 1 amide bonds. The molecule has 0 aliphatic carbocycles. The van der Waals surface area contributed by atoms with Crippen LogP contribution in [0.2, 0.25) is 0 Å². The van der Waals surface area contributed by atoms with Crippen molar-refractivity contribution in [2.75, 3.05) is 6.54 Å². The molecule has 0 bridgehead atoms. The van der Waals surface area contributed by atoms with Gasteiger partial charge in [-0.2, -0.15) is 0 Å². The fourth-order valence-corrected chi connectivity index (χ4v) is 2.45. The Bertz CT molecular complexity index is 864. The van der Waals surface area contributed by atoms with Crippen molar-refractivity contribution in [2.24, 2.45) is 0 Å². The summed E-state index contributed by atoms with van der Waals surface area (Å²) in [7, 11) is 0. The summed E-state index contributed by atoms with van der Waals surface area (Å²) in [5.41, 5.74) is 2.57. The minimum absolute atomic E-state index is 0.211. The molecular formula is C18H16FN3O. The van der Waals surface area contributed by atoms with Crippen molar-refractivity contribution in [3.8, 4) is 0 Å². The van der Waals surface area contributed by atoms with E-state index in [4.69, 9.17) is 0 Å². The number of nitrogens with zero attached hydrogens (tertiary/aromatic N) is 2. The van der Waals surface area contributed by atoms with Crippen molar-refractivity contribution in [1.29, 1.82) is 0 Å². The van der Waals surface area contributed by atoms with Gasteiger partial charge in [0, 0.05) is 24.3 Å². The van der Waals surface area contributed by atoms with Crippen LogP contribution in [0.1, 0.15) is 21.6 Å². The molecule has 0 spiro atoms. The van der Waals surface area contributed by atoms with Crippen LogP contribution in [0.15, 0.2) is 48.8 Å². The average Bonchev–Trinajstić information content (AvgIpc) is 2.56. The highest BCUT2D eigenvalue weighted by Crippen LogP contribution is 2.15. The van der Waals surface area contributed by atoms with E-state index < -0.39 is 0 Å². The Kier molecular flexibility index (Phi) is 4.28. The van der Waals surface area contributed by atoms with Crippen molar-refractivity contribution < 1.29 is 9.18 Å². The highest BCUT2D eigenvalue weighted by molar-refractivity contribution is 5.98. The normalized spacial score (nSPS) is 10.7. The highest BCUT2D eigenvalue weighted by Gasteiger charge is 2.11. The molecule has 1 aromatic carbocycles. The fraction of sp³-hybridized carbons (Fsp3) is 0.167. The molecule has 2 heterocycles. The second kappa shape index (κ2) is 6.52. The zero-order valence-corrected chi connectivity index (χ0v) is 12.7. The summed E-state index contributed by atoms with van der Waals surface area (Å²) >= 11 is 0. The monoisotopic (exact) mass is 309 g/mol. The van der Waals surface area contributed by atoms with Crippen LogP contribution in [0.4, 0.5) is 4.39 Å². The topological polar surface area (TPSA) is 54.9 Å². The molecule has 0 atom stereocenters. The Morgan fingerprint density at radius 1 is 1.26 bits per heavy atom. The number of fused-ring (bicyclic) bond motifs is 1. The van der Waals surface area contributed by atoms with Crippen LogP contribution in [-0.2, 0) is 6.42 Å². The number of hydrogen-bond acceptors (Lipinski definition) is 3. The molecule has 4 nitrogen and oxygen atoms in total. The van der Waals surface area contributed by atoms with E-state index in [1.165, 1.54) is 6.07 Å². The number of carbonyl (C=O) groups excluding carboxylic acids is 1. The quantitative estimate of drug-likeness (QED) is 0.806. The lowest BCUT2D eigenvalue weighted by Gasteiger charge is -2.09. The van der Waals surface area contributed by atoms with Crippen molar-refractivity contribution >= 4 is 16.8 Å². The predicted molar refractivity (Wildman–Crippen MR) is 86.7 cm³/mol. The number of carbonyl (C=O) groups is 1. The van der Waals surface area contributed by atoms with Crippen LogP contribution >= 0.6 is 0 Å². The number of halogens is 1. The third kappa shape index (κ3) is 3.34. The molecule has 5 heteroatoms. The van der Waals surface area contributed by atoms with Gasteiger partial charge >= 0.3 is 0 Å². The minimum Gasteiger partial charge on any atom is -0.352 e. The van der Waals surface area contributed by atoms with E-state index in [1.54, 1.807) is 43.6 Å². The first-order valence-electron chi connectivity index (χ1n) is 7.38. The molecule has 1 N–H and O–H groups in total. The van der Waals surface area contributed by atoms with Gasteiger partial charge in [-0.3, -0.25) is 14.8 Å². The van der Waals surface area contributed by atoms with Crippen molar-refractivity contribution in [2.45, 2.75) is 13.3 Å². The number of hydrogen-bond donors (Lipinski definition) is 1. The van der Waals surface area contributed by atoms with Gasteiger partial charge in [-0.15, -0.1) is 0 Å². The standard InChI is InChI=1S/C18H16FN3O/c1-12-15(10-14-11-20-8-7-17(14)22-12)18(23)21-9-6-13-4-2-3-5-16(13)19/h2-5,7-8,10-11H,6,9H2,1H3,(H,21,23). The summed E-state index contributed by atoms with van der Waals surface area (Å²) in [5, 5.41) is 3.63. The molecule has 3 aromatic rings. The van der Waals surface area contributed by atoms with Crippen LogP contribution in [-0.4, -0.2) is 22.4 Å². The van der Waals surface area contributed by atoms with Gasteiger partial charge in [-0.1, -0.05) is 18.2 Å². The van der Waals surface area contributed by atoms with E-state index in [1.807, 2.05) is 6.07 Å². The van der Waals surface area contributed by atoms with Gasteiger partial charge in [0.25, 0.3) is 5.91 Å². The number of rotatable bonds is 4. The SMILES string of the molecule is Cc1nc2ccncc2cc1C(=O)NCCc1ccccc1F. The Morgan fingerprint density at radius 2 is 2.09 bits per heavy atom. The predicted octanol–water partition coefficient (Wildman–Crippen LogP) is 3.05. The van der Waals surface area contributed by atoms with E-state index in [9.17, 15) is 9.18 Å². The Hall–Kier alpha value is -2.82. The number of amides is 1. The lowest BCUT2D eigenvalue weighted by Crippen LogP contribution is -2.26. The van der Waals surface area contributed by atoms with Crippen molar-refractivity contribution in [3.05, 3.63) is 71.4 Å². The van der Waals surface area contributed by atoms with E-state index in [0.717, 1.165) is 10.9 Å². The second-order valence-corrected chi connectivity index (χ2v) is 5.29. The number of aryl methyl sites for hydroxylation is 1. The van der Waals surface area contributed by atoms with Crippen LogP contribution in [0.3, 0.4) is 0 Å². The van der Waals surface area contributed by atoms with Gasteiger partial charge in [0.1, 0.15) is 5.82 Å². The van der Waals surface area contributed by atoms with Crippen molar-refractivity contribution in [3.63, 3.8) is 0 Å². The van der Waals surface area contributed by atoms with Crippen LogP contribution in [0, 0.1) is 12.7 Å². The molecule has 0 saturated carbocycles. The Morgan fingerprint density at radius 3 is 2.91 bits per heavy atom. The zero-order chi connectivity index (χ0) is 16.2. The maximum Gasteiger partial charge on any atom is 0.253 e. The first-order chi connectivity index (χ1) is 11.1. The summed E-state index contributed by atoms with van der Waals surface area (Å²) < 4.78 is 13.5. The Balaban J connectivity index is 1.71. The summed E-state index contributed by atoms with van der Waals surface area (Å²) in [6.07, 6.45) is 3.79. The average molecular weight is 309 g/mol. The maximum absolute atomic E-state index is 13.5. The van der Waals surface area contributed by atoms with Gasteiger partial charge in [-0.05, 0) is 37.1 Å². The number of aromatic nitrogens is 2. The summed E-state index contributed by atoms with van der Waals surface area (Å²) in [5.74, 6) is -0.464. The van der Waals surface area contributed by atoms with Gasteiger partial charge in [0.2, 0.25) is 0 Å². The summed E-state index contributed by atoms with van der Waals surface area (Å²) in [6, 6.07) is 10.2. The molecule has 0 fully saturated rings. The minimum atomic E-state index is -0.253. The molecule has 2 aromatic heterocycles. The zero-order valence-electron chi connectivity index (χ0n) is 12.7. The fourth-order valence-electron chi connectivity index (χ4n) is 2.45. The largest absolute Gasteiger partial charge is 0.352 e. The molecular weight excluding hydrogens is 293 g/mol. The summed E-state index contributed by atoms with van der Waals surface area (Å²) in [6.45, 7) is 2.16. The molecule has 0 aliphatic heterocycles. The van der Waals surface area contributed by atoms with Gasteiger partial charge < -0.3 is 5.32 Å². The smallest absolute Gasteiger partial charge is 0.253 e. The molecule has 0 radical (unpaired) electrons.